The van der Waals surface area contributed by atoms with E-state index in [0.717, 1.165) is 5.92 Å². The van der Waals surface area contributed by atoms with Crippen LogP contribution in [0.25, 0.3) is 0 Å². The van der Waals surface area contributed by atoms with E-state index < -0.39 is 0 Å². The summed E-state index contributed by atoms with van der Waals surface area (Å²) in [4.78, 5) is 0. The second-order valence-corrected chi connectivity index (χ2v) is 4.73. The lowest BCUT2D eigenvalue weighted by atomic mass is 9.81. The lowest BCUT2D eigenvalue weighted by Crippen LogP contribution is -2.24. The lowest BCUT2D eigenvalue weighted by Gasteiger charge is -2.27. The van der Waals surface area contributed by atoms with E-state index in [-0.39, 0.29) is 0 Å². The molecule has 0 aromatic rings. The standard InChI is InChI=1S/C12H20N2/c1-9-4-3-5-11-8-13-14-10(2)12(11)7-6-9/h8-9,12-13H,3-7H2,1-2H3. The predicted octanol–water partition coefficient (Wildman–Crippen LogP) is 3.07. The SMILES string of the molecule is CC1=NNC=C2CCCC(C)CCC21. The monoisotopic (exact) mass is 192 g/mol. The van der Waals surface area contributed by atoms with E-state index in [9.17, 15) is 0 Å². The Hall–Kier alpha value is -0.790. The Bertz CT molecular complexity index is 265. The van der Waals surface area contributed by atoms with E-state index >= 15 is 0 Å². The molecule has 2 atom stereocenters. The molecule has 2 heteroatoms. The molecule has 1 N–H and O–H groups in total. The van der Waals surface area contributed by atoms with Gasteiger partial charge < -0.3 is 0 Å². The van der Waals surface area contributed by atoms with Crippen LogP contribution in [0.5, 0.6) is 0 Å². The molecule has 1 fully saturated rings. The molecule has 14 heavy (non-hydrogen) atoms. The van der Waals surface area contributed by atoms with Gasteiger partial charge in [0.25, 0.3) is 0 Å². The maximum atomic E-state index is 4.30. The van der Waals surface area contributed by atoms with Crippen molar-refractivity contribution in [2.24, 2.45) is 16.9 Å². The zero-order chi connectivity index (χ0) is 9.97. The molecule has 0 amide bonds. The van der Waals surface area contributed by atoms with E-state index in [2.05, 4.69) is 30.6 Å². The molecular weight excluding hydrogens is 172 g/mol. The van der Waals surface area contributed by atoms with Crippen molar-refractivity contribution < 1.29 is 0 Å². The second-order valence-electron chi connectivity index (χ2n) is 4.73. The van der Waals surface area contributed by atoms with Crippen LogP contribution in [-0.4, -0.2) is 5.71 Å². The van der Waals surface area contributed by atoms with Gasteiger partial charge in [-0.2, -0.15) is 5.10 Å². The van der Waals surface area contributed by atoms with Crippen LogP contribution in [0.3, 0.4) is 0 Å². The highest BCUT2D eigenvalue weighted by Gasteiger charge is 2.23. The van der Waals surface area contributed by atoms with Crippen molar-refractivity contribution in [3.05, 3.63) is 11.8 Å². The van der Waals surface area contributed by atoms with Crippen LogP contribution >= 0.6 is 0 Å². The predicted molar refractivity (Wildman–Crippen MR) is 60.1 cm³/mol. The summed E-state index contributed by atoms with van der Waals surface area (Å²) >= 11 is 0. The van der Waals surface area contributed by atoms with Crippen LogP contribution in [0.15, 0.2) is 16.9 Å². The second kappa shape index (κ2) is 4.16. The third-order valence-electron chi connectivity index (χ3n) is 3.55. The molecule has 0 spiro atoms. The smallest absolute Gasteiger partial charge is 0.0423 e. The Morgan fingerprint density at radius 2 is 2.21 bits per heavy atom. The molecule has 78 valence electrons. The van der Waals surface area contributed by atoms with Crippen molar-refractivity contribution in [1.82, 2.24) is 5.43 Å². The van der Waals surface area contributed by atoms with Gasteiger partial charge in [0, 0.05) is 17.8 Å². The van der Waals surface area contributed by atoms with Crippen molar-refractivity contribution in [1.29, 1.82) is 0 Å². The van der Waals surface area contributed by atoms with Gasteiger partial charge >= 0.3 is 0 Å². The summed E-state index contributed by atoms with van der Waals surface area (Å²) in [5.74, 6) is 1.54. The van der Waals surface area contributed by atoms with Crippen molar-refractivity contribution in [3.8, 4) is 0 Å². The van der Waals surface area contributed by atoms with Crippen LogP contribution < -0.4 is 5.43 Å². The molecule has 2 nitrogen and oxygen atoms in total. The fourth-order valence-corrected chi connectivity index (χ4v) is 2.55. The van der Waals surface area contributed by atoms with E-state index in [1.807, 2.05) is 0 Å². The van der Waals surface area contributed by atoms with Crippen LogP contribution in [0, 0.1) is 11.8 Å². The molecule has 1 heterocycles. The number of nitrogens with one attached hydrogen (secondary N) is 1. The van der Waals surface area contributed by atoms with Gasteiger partial charge in [0.05, 0.1) is 0 Å². The Morgan fingerprint density at radius 3 is 3.07 bits per heavy atom. The molecule has 1 aliphatic carbocycles. The highest BCUT2D eigenvalue weighted by Crippen LogP contribution is 2.31. The van der Waals surface area contributed by atoms with Gasteiger partial charge in [-0.25, -0.2) is 0 Å². The van der Waals surface area contributed by atoms with E-state index in [4.69, 9.17) is 0 Å². The van der Waals surface area contributed by atoms with Crippen LogP contribution in [0.2, 0.25) is 0 Å². The number of allylic oxidation sites excluding steroid dienone is 1. The first-order valence-electron chi connectivity index (χ1n) is 5.76. The average molecular weight is 192 g/mol. The minimum atomic E-state index is 0.638. The number of fused-ring (bicyclic) bond motifs is 1. The first-order chi connectivity index (χ1) is 6.77. The quantitative estimate of drug-likeness (QED) is 0.626. The summed E-state index contributed by atoms with van der Waals surface area (Å²) < 4.78 is 0. The third-order valence-corrected chi connectivity index (χ3v) is 3.55. The average Bonchev–Trinajstić information content (AvgIpc) is 2.13. The third kappa shape index (κ3) is 1.99. The molecular formula is C12H20N2. The summed E-state index contributed by atoms with van der Waals surface area (Å²) in [6.07, 6.45) is 8.76. The van der Waals surface area contributed by atoms with Gasteiger partial charge in [-0.3, -0.25) is 5.43 Å². The van der Waals surface area contributed by atoms with Crippen molar-refractivity contribution in [2.45, 2.75) is 46.0 Å². The highest BCUT2D eigenvalue weighted by atomic mass is 15.3. The Morgan fingerprint density at radius 1 is 1.36 bits per heavy atom. The fraction of sp³-hybridized carbons (Fsp3) is 0.750. The van der Waals surface area contributed by atoms with E-state index in [0.29, 0.717) is 5.92 Å². The molecule has 2 rings (SSSR count). The van der Waals surface area contributed by atoms with Gasteiger partial charge in [-0.15, -0.1) is 0 Å². The van der Waals surface area contributed by atoms with Crippen molar-refractivity contribution in [3.63, 3.8) is 0 Å². The summed E-state index contributed by atoms with van der Waals surface area (Å²) in [6.45, 7) is 4.53. The number of rotatable bonds is 0. The van der Waals surface area contributed by atoms with Gasteiger partial charge in [-0.1, -0.05) is 13.3 Å². The maximum Gasteiger partial charge on any atom is 0.0423 e. The summed E-state index contributed by atoms with van der Waals surface area (Å²) in [5, 5.41) is 4.30. The van der Waals surface area contributed by atoms with E-state index in [1.54, 1.807) is 5.57 Å². The molecule has 0 aromatic heterocycles. The number of hydrazone groups is 1. The minimum absolute atomic E-state index is 0.638. The highest BCUT2D eigenvalue weighted by molar-refractivity contribution is 5.87. The topological polar surface area (TPSA) is 24.4 Å². The zero-order valence-electron chi connectivity index (χ0n) is 9.21. The first-order valence-corrected chi connectivity index (χ1v) is 5.76. The summed E-state index contributed by atoms with van der Waals surface area (Å²) in [5.41, 5.74) is 5.87. The van der Waals surface area contributed by atoms with E-state index in [1.165, 1.54) is 37.8 Å². The summed E-state index contributed by atoms with van der Waals surface area (Å²) in [7, 11) is 0. The molecule has 0 bridgehead atoms. The van der Waals surface area contributed by atoms with Crippen molar-refractivity contribution in [2.75, 3.05) is 0 Å². The maximum absolute atomic E-state index is 4.30. The summed E-state index contributed by atoms with van der Waals surface area (Å²) in [6, 6.07) is 0. The van der Waals surface area contributed by atoms with Gasteiger partial charge in [0.15, 0.2) is 0 Å². The molecule has 1 saturated carbocycles. The van der Waals surface area contributed by atoms with Crippen LogP contribution in [0.1, 0.15) is 46.0 Å². The first kappa shape index (κ1) is 9.75. The van der Waals surface area contributed by atoms with Crippen LogP contribution in [-0.2, 0) is 0 Å². The van der Waals surface area contributed by atoms with Gasteiger partial charge in [0.2, 0.25) is 0 Å². The molecule has 0 aromatic carbocycles. The fourth-order valence-electron chi connectivity index (χ4n) is 2.55. The Kier molecular flexibility index (Phi) is 2.90. The minimum Gasteiger partial charge on any atom is -0.286 e. The number of nitrogens with zero attached hydrogens (tertiary/aromatic N) is 1. The lowest BCUT2D eigenvalue weighted by molar-refractivity contribution is 0.412. The largest absolute Gasteiger partial charge is 0.286 e. The van der Waals surface area contributed by atoms with Gasteiger partial charge in [-0.05, 0) is 44.1 Å². The Labute approximate surface area is 86.5 Å². The number of hydrogen-bond donors (Lipinski definition) is 1. The molecule has 0 radical (unpaired) electrons. The zero-order valence-corrected chi connectivity index (χ0v) is 9.21. The molecule has 2 aliphatic rings. The van der Waals surface area contributed by atoms with Crippen molar-refractivity contribution >= 4 is 5.71 Å². The number of hydrogen-bond acceptors (Lipinski definition) is 2. The molecule has 2 unspecified atom stereocenters. The van der Waals surface area contributed by atoms with Gasteiger partial charge in [0.1, 0.15) is 0 Å². The normalized spacial score (nSPS) is 33.0. The molecule has 0 saturated heterocycles. The Balaban J connectivity index is 2.09. The van der Waals surface area contributed by atoms with Crippen LogP contribution in [0.4, 0.5) is 0 Å². The molecule has 1 aliphatic heterocycles.